The molecular weight excluding hydrogens is 418 g/mol. The van der Waals surface area contributed by atoms with Gasteiger partial charge in [0.15, 0.2) is 0 Å². The maximum absolute atomic E-state index is 13.3. The first kappa shape index (κ1) is 22.2. The lowest BCUT2D eigenvalue weighted by atomic mass is 9.92. The third-order valence-electron chi connectivity index (χ3n) is 5.74. The summed E-state index contributed by atoms with van der Waals surface area (Å²) in [6, 6.07) is 21.8. The fraction of sp³-hybridized carbons (Fsp3) is 0.250. The van der Waals surface area contributed by atoms with Gasteiger partial charge in [-0.15, -0.1) is 0 Å². The van der Waals surface area contributed by atoms with E-state index in [1.807, 2.05) is 42.5 Å². The number of hydrogen-bond acceptors (Lipinski definition) is 2. The molecule has 3 nitrogen and oxygen atoms in total. The summed E-state index contributed by atoms with van der Waals surface area (Å²) >= 11 is 6.27. The molecule has 0 radical (unpaired) electrons. The highest BCUT2D eigenvalue weighted by Crippen LogP contribution is 2.37. The Bertz CT molecular complexity index is 1230. The smallest absolute Gasteiger partial charge is 0.232 e. The second-order valence-corrected chi connectivity index (χ2v) is 9.19. The van der Waals surface area contributed by atoms with Gasteiger partial charge in [-0.3, -0.25) is 4.79 Å². The summed E-state index contributed by atoms with van der Waals surface area (Å²) in [7, 11) is 0. The monoisotopic (exact) mass is 445 g/mol. The number of carbonyl (C=O) groups is 1. The van der Waals surface area contributed by atoms with Gasteiger partial charge in [0.25, 0.3) is 0 Å². The molecule has 0 saturated carbocycles. The number of hydrogen-bond donors (Lipinski definition) is 1. The van der Waals surface area contributed by atoms with Gasteiger partial charge >= 0.3 is 0 Å². The van der Waals surface area contributed by atoms with Crippen molar-refractivity contribution < 1.29 is 9.21 Å². The topological polar surface area (TPSA) is 42.2 Å². The molecule has 164 valence electrons. The molecule has 1 aromatic heterocycles. The zero-order valence-electron chi connectivity index (χ0n) is 18.9. The molecule has 0 saturated heterocycles. The third-order valence-corrected chi connectivity index (χ3v) is 5.98. The minimum atomic E-state index is -0.0951. The van der Waals surface area contributed by atoms with Crippen LogP contribution in [-0.2, 0) is 11.2 Å². The van der Waals surface area contributed by atoms with Crippen molar-refractivity contribution in [2.75, 3.05) is 5.32 Å². The van der Waals surface area contributed by atoms with Crippen LogP contribution >= 0.6 is 11.6 Å². The van der Waals surface area contributed by atoms with Gasteiger partial charge in [0.05, 0.1) is 6.42 Å². The van der Waals surface area contributed by atoms with Crippen LogP contribution in [0.5, 0.6) is 0 Å². The largest absolute Gasteiger partial charge is 0.460 e. The van der Waals surface area contributed by atoms with Crippen molar-refractivity contribution in [3.05, 3.63) is 88.6 Å². The average Bonchev–Trinajstić information content (AvgIpc) is 3.10. The van der Waals surface area contributed by atoms with Crippen LogP contribution in [0.1, 0.15) is 56.4 Å². The molecule has 0 atom stereocenters. The number of carbonyl (C=O) groups excluding carboxylic acids is 1. The molecule has 0 spiro atoms. The Labute approximate surface area is 194 Å². The molecule has 4 heteroatoms. The molecule has 0 aliphatic heterocycles. The Morgan fingerprint density at radius 1 is 0.906 bits per heavy atom. The summed E-state index contributed by atoms with van der Waals surface area (Å²) in [6.45, 7) is 8.58. The summed E-state index contributed by atoms with van der Waals surface area (Å²) in [5, 5.41) is 4.75. The first-order valence-electron chi connectivity index (χ1n) is 11.0. The van der Waals surface area contributed by atoms with Crippen molar-refractivity contribution >= 4 is 34.2 Å². The normalized spacial score (nSPS) is 11.5. The molecule has 4 rings (SSSR count). The van der Waals surface area contributed by atoms with Crippen molar-refractivity contribution in [1.82, 2.24) is 0 Å². The van der Waals surface area contributed by atoms with Crippen LogP contribution in [0.15, 0.2) is 71.1 Å². The van der Waals surface area contributed by atoms with Crippen molar-refractivity contribution in [2.24, 2.45) is 0 Å². The summed E-state index contributed by atoms with van der Waals surface area (Å²) in [5.74, 6) is 1.15. The van der Waals surface area contributed by atoms with E-state index in [1.165, 1.54) is 0 Å². The van der Waals surface area contributed by atoms with Crippen LogP contribution in [0.3, 0.4) is 0 Å². The fourth-order valence-corrected chi connectivity index (χ4v) is 4.36. The lowest BCUT2D eigenvalue weighted by molar-refractivity contribution is -0.115. The molecular formula is C28H28ClNO2. The van der Waals surface area contributed by atoms with Crippen LogP contribution in [0.2, 0.25) is 5.02 Å². The molecule has 3 aromatic carbocycles. The number of fused-ring (bicyclic) bond motifs is 1. The van der Waals surface area contributed by atoms with Gasteiger partial charge < -0.3 is 9.73 Å². The first-order chi connectivity index (χ1) is 15.3. The van der Waals surface area contributed by atoms with Gasteiger partial charge in [-0.25, -0.2) is 0 Å². The van der Waals surface area contributed by atoms with E-state index in [0.29, 0.717) is 22.6 Å². The van der Waals surface area contributed by atoms with E-state index in [4.69, 9.17) is 16.0 Å². The number of anilines is 1. The predicted octanol–water partition coefficient (Wildman–Crippen LogP) is 8.18. The van der Waals surface area contributed by atoms with Crippen LogP contribution in [0.4, 0.5) is 5.69 Å². The average molecular weight is 446 g/mol. The van der Waals surface area contributed by atoms with Crippen LogP contribution in [0.25, 0.3) is 22.1 Å². The molecule has 1 amide bonds. The maximum atomic E-state index is 13.3. The quantitative estimate of drug-likeness (QED) is 0.325. The number of rotatable bonds is 6. The number of amides is 1. The molecule has 0 aliphatic carbocycles. The number of halogens is 1. The van der Waals surface area contributed by atoms with Crippen molar-refractivity contribution in [1.29, 1.82) is 0 Å². The molecule has 32 heavy (non-hydrogen) atoms. The summed E-state index contributed by atoms with van der Waals surface area (Å²) < 4.78 is 6.15. The predicted molar refractivity (Wildman–Crippen MR) is 134 cm³/mol. The molecule has 1 N–H and O–H groups in total. The molecule has 4 aromatic rings. The molecule has 0 bridgehead atoms. The number of benzene rings is 3. The summed E-state index contributed by atoms with van der Waals surface area (Å²) in [6.07, 6.45) is 0.139. The highest BCUT2D eigenvalue weighted by molar-refractivity contribution is 6.31. The van der Waals surface area contributed by atoms with E-state index in [0.717, 1.165) is 38.9 Å². The molecule has 0 fully saturated rings. The Hall–Kier alpha value is -3.04. The van der Waals surface area contributed by atoms with Crippen molar-refractivity contribution in [3.8, 4) is 11.1 Å². The zero-order chi connectivity index (χ0) is 22.8. The highest BCUT2D eigenvalue weighted by Gasteiger charge is 2.21. The van der Waals surface area contributed by atoms with Crippen molar-refractivity contribution in [2.45, 2.75) is 46.0 Å². The third kappa shape index (κ3) is 4.44. The first-order valence-corrected chi connectivity index (χ1v) is 11.4. The minimum Gasteiger partial charge on any atom is -0.460 e. The van der Waals surface area contributed by atoms with E-state index in [2.05, 4.69) is 51.2 Å². The van der Waals surface area contributed by atoms with Gasteiger partial charge in [0.2, 0.25) is 5.91 Å². The Kier molecular flexibility index (Phi) is 6.38. The number of nitrogens with one attached hydrogen (secondary N) is 1. The lowest BCUT2D eigenvalue weighted by Crippen LogP contribution is -2.18. The standard InChI is InChI=1S/C28H28ClNO2/c1-17(2)21-11-8-12-22(18(3)4)28(21)30-26(31)16-25-27(19-9-6-5-7-10-19)23-15-20(29)13-14-24(23)32-25/h5-15,17-18H,16H2,1-4H3,(H,30,31). The summed E-state index contributed by atoms with van der Waals surface area (Å²) in [5.41, 5.74) is 5.85. The second kappa shape index (κ2) is 9.22. The van der Waals surface area contributed by atoms with Gasteiger partial charge in [-0.2, -0.15) is 0 Å². The minimum absolute atomic E-state index is 0.0951. The van der Waals surface area contributed by atoms with E-state index >= 15 is 0 Å². The van der Waals surface area contributed by atoms with Gasteiger partial charge in [-0.05, 0) is 46.7 Å². The number of para-hydroxylation sites is 1. The van der Waals surface area contributed by atoms with Gasteiger partial charge in [0.1, 0.15) is 11.3 Å². The Morgan fingerprint density at radius 3 is 2.19 bits per heavy atom. The van der Waals surface area contributed by atoms with Crippen LogP contribution in [-0.4, -0.2) is 5.91 Å². The summed E-state index contributed by atoms with van der Waals surface area (Å²) in [4.78, 5) is 13.3. The van der Waals surface area contributed by atoms with Gasteiger partial charge in [0, 0.05) is 21.7 Å². The van der Waals surface area contributed by atoms with Crippen LogP contribution < -0.4 is 5.32 Å². The fourth-order valence-electron chi connectivity index (χ4n) is 4.19. The highest BCUT2D eigenvalue weighted by atomic mass is 35.5. The van der Waals surface area contributed by atoms with Crippen LogP contribution in [0, 0.1) is 0 Å². The molecule has 0 aliphatic rings. The van der Waals surface area contributed by atoms with E-state index in [1.54, 1.807) is 6.07 Å². The van der Waals surface area contributed by atoms with E-state index in [-0.39, 0.29) is 12.3 Å². The van der Waals surface area contributed by atoms with Gasteiger partial charge in [-0.1, -0.05) is 87.8 Å². The molecule has 0 unspecified atom stereocenters. The van der Waals surface area contributed by atoms with Crippen molar-refractivity contribution in [3.63, 3.8) is 0 Å². The SMILES string of the molecule is CC(C)c1cccc(C(C)C)c1NC(=O)Cc1oc2ccc(Cl)cc2c1-c1ccccc1. The van der Waals surface area contributed by atoms with E-state index in [9.17, 15) is 4.79 Å². The Balaban J connectivity index is 1.73. The lowest BCUT2D eigenvalue weighted by Gasteiger charge is -2.20. The maximum Gasteiger partial charge on any atom is 0.232 e. The van der Waals surface area contributed by atoms with E-state index < -0.39 is 0 Å². The number of furan rings is 1. The zero-order valence-corrected chi connectivity index (χ0v) is 19.7. The second-order valence-electron chi connectivity index (χ2n) is 8.75. The molecule has 1 heterocycles. The Morgan fingerprint density at radius 2 is 1.56 bits per heavy atom.